The molecule has 0 saturated heterocycles. The molecule has 0 aromatic carbocycles. The molecule has 0 spiro atoms. The van der Waals surface area contributed by atoms with E-state index in [9.17, 15) is 19.0 Å². The summed E-state index contributed by atoms with van der Waals surface area (Å²) in [6, 6.07) is 0. The zero-order chi connectivity index (χ0) is 44.3. The summed E-state index contributed by atoms with van der Waals surface area (Å²) in [6.45, 7) is 4.02. The van der Waals surface area contributed by atoms with Crippen LogP contribution in [0.2, 0.25) is 0 Å². The van der Waals surface area contributed by atoms with Crippen LogP contribution in [0.5, 0.6) is 0 Å². The van der Waals surface area contributed by atoms with E-state index in [2.05, 4.69) is 98.9 Å². The lowest BCUT2D eigenvalue weighted by molar-refractivity contribution is -0.870. The minimum absolute atomic E-state index is 0.0430. The fourth-order valence-corrected chi connectivity index (χ4v) is 6.50. The topological polar surface area (TPSA) is 111 Å². The van der Waals surface area contributed by atoms with Crippen LogP contribution in [-0.4, -0.2) is 70.0 Å². The Bertz CT molecular complexity index is 1290. The molecule has 0 N–H and O–H groups in total. The zero-order valence-corrected chi connectivity index (χ0v) is 39.5. The highest BCUT2D eigenvalue weighted by atomic mass is 31.2. The first-order chi connectivity index (χ1) is 29.0. The molecule has 0 heterocycles. The summed E-state index contributed by atoms with van der Waals surface area (Å²) < 4.78 is 33.9. The van der Waals surface area contributed by atoms with E-state index in [0.717, 1.165) is 103 Å². The number of carbonyl (C=O) groups excluding carboxylic acids is 2. The fourth-order valence-electron chi connectivity index (χ4n) is 5.77. The lowest BCUT2D eigenvalue weighted by Crippen LogP contribution is -2.37. The molecule has 0 saturated carbocycles. The van der Waals surface area contributed by atoms with Crippen molar-refractivity contribution < 1.29 is 42.1 Å². The fraction of sp³-hybridized carbons (Fsp3) is 0.680. The minimum Gasteiger partial charge on any atom is -0.756 e. The maximum atomic E-state index is 12.7. The smallest absolute Gasteiger partial charge is 0.306 e. The normalized spacial score (nSPS) is 14.3. The Hall–Kier alpha value is -2.81. The maximum absolute atomic E-state index is 12.7. The number of nitrogens with zero attached hydrogens (tertiary/aromatic N) is 1. The largest absolute Gasteiger partial charge is 0.756 e. The number of unbranched alkanes of at least 4 members (excludes halogenated alkanes) is 13. The number of rotatable bonds is 41. The molecule has 0 aromatic heterocycles. The van der Waals surface area contributed by atoms with Crippen molar-refractivity contribution in [3.63, 3.8) is 0 Å². The Morgan fingerprint density at radius 1 is 0.533 bits per heavy atom. The van der Waals surface area contributed by atoms with E-state index >= 15 is 0 Å². The van der Waals surface area contributed by atoms with E-state index in [-0.39, 0.29) is 26.1 Å². The number of phosphoric acid groups is 1. The summed E-state index contributed by atoms with van der Waals surface area (Å²) >= 11 is 0. The molecule has 10 heteroatoms. The average molecular weight is 860 g/mol. The summed E-state index contributed by atoms with van der Waals surface area (Å²) in [4.78, 5) is 37.6. The van der Waals surface area contributed by atoms with Gasteiger partial charge in [0.1, 0.15) is 19.8 Å². The van der Waals surface area contributed by atoms with Gasteiger partial charge in [-0.3, -0.25) is 14.2 Å². The summed E-state index contributed by atoms with van der Waals surface area (Å²) in [5.41, 5.74) is 0. The number of ether oxygens (including phenoxy) is 2. The van der Waals surface area contributed by atoms with Gasteiger partial charge in [0, 0.05) is 12.8 Å². The van der Waals surface area contributed by atoms with Crippen LogP contribution in [-0.2, 0) is 32.7 Å². The highest BCUT2D eigenvalue weighted by molar-refractivity contribution is 7.45. The van der Waals surface area contributed by atoms with Gasteiger partial charge in [-0.15, -0.1) is 0 Å². The van der Waals surface area contributed by atoms with Crippen LogP contribution in [0.1, 0.15) is 168 Å². The number of phosphoric ester groups is 1. The van der Waals surface area contributed by atoms with Crippen LogP contribution >= 0.6 is 7.82 Å². The molecule has 2 atom stereocenters. The van der Waals surface area contributed by atoms with Gasteiger partial charge in [-0.25, -0.2) is 0 Å². The van der Waals surface area contributed by atoms with E-state index in [0.29, 0.717) is 23.9 Å². The van der Waals surface area contributed by atoms with Crippen molar-refractivity contribution in [1.82, 2.24) is 0 Å². The predicted molar refractivity (Wildman–Crippen MR) is 249 cm³/mol. The highest BCUT2D eigenvalue weighted by Crippen LogP contribution is 2.38. The van der Waals surface area contributed by atoms with Crippen LogP contribution in [0.4, 0.5) is 0 Å². The van der Waals surface area contributed by atoms with Gasteiger partial charge in [0.25, 0.3) is 7.82 Å². The maximum Gasteiger partial charge on any atom is 0.306 e. The molecule has 0 aromatic rings. The minimum atomic E-state index is -4.64. The third-order valence-corrected chi connectivity index (χ3v) is 10.4. The summed E-state index contributed by atoms with van der Waals surface area (Å²) in [5, 5.41) is 0. The summed E-state index contributed by atoms with van der Waals surface area (Å²) in [5.74, 6) is -0.884. The van der Waals surface area contributed by atoms with Gasteiger partial charge in [-0.2, -0.15) is 0 Å². The molecule has 0 aliphatic carbocycles. The number of hydrogen-bond acceptors (Lipinski definition) is 8. The Labute approximate surface area is 367 Å². The molecule has 0 bridgehead atoms. The standard InChI is InChI=1S/C50H86NO8P/c1-6-8-10-12-14-16-18-20-22-24-25-27-28-30-32-34-36-38-40-42-49(52)56-46-48(47-58-60(54,55)57-45-44-51(3,4)5)59-50(53)43-41-39-37-35-33-31-29-26-23-21-19-17-15-13-11-9-7-2/h9,11,14-17,20-23,25,27,29,31,48H,6-8,10,12-13,18-19,24,26,28,30,32-47H2,1-5H3/b11-9-,16-14-,17-15-,22-20-,23-21-,27-25-,31-29-. The van der Waals surface area contributed by atoms with Crippen molar-refractivity contribution in [2.24, 2.45) is 0 Å². The molecule has 60 heavy (non-hydrogen) atoms. The average Bonchev–Trinajstić information content (AvgIpc) is 3.20. The number of quaternary nitrogens is 1. The Morgan fingerprint density at radius 3 is 1.42 bits per heavy atom. The zero-order valence-electron chi connectivity index (χ0n) is 38.6. The summed E-state index contributed by atoms with van der Waals surface area (Å²) in [6.07, 6.45) is 53.2. The van der Waals surface area contributed by atoms with Gasteiger partial charge < -0.3 is 27.9 Å². The van der Waals surface area contributed by atoms with Gasteiger partial charge in [-0.1, -0.05) is 150 Å². The van der Waals surface area contributed by atoms with Crippen molar-refractivity contribution >= 4 is 19.8 Å². The monoisotopic (exact) mass is 860 g/mol. The lowest BCUT2D eigenvalue weighted by Gasteiger charge is -2.28. The van der Waals surface area contributed by atoms with Crippen molar-refractivity contribution in [3.8, 4) is 0 Å². The van der Waals surface area contributed by atoms with Crippen LogP contribution in [0.25, 0.3) is 0 Å². The van der Waals surface area contributed by atoms with E-state index in [1.54, 1.807) is 0 Å². The van der Waals surface area contributed by atoms with Gasteiger partial charge in [-0.05, 0) is 89.9 Å². The van der Waals surface area contributed by atoms with Gasteiger partial charge in [0.05, 0.1) is 27.7 Å². The molecule has 9 nitrogen and oxygen atoms in total. The molecule has 344 valence electrons. The van der Waals surface area contributed by atoms with Gasteiger partial charge >= 0.3 is 11.9 Å². The molecular formula is C50H86NO8P. The highest BCUT2D eigenvalue weighted by Gasteiger charge is 2.21. The van der Waals surface area contributed by atoms with Crippen LogP contribution in [0.3, 0.4) is 0 Å². The van der Waals surface area contributed by atoms with E-state index in [1.165, 1.54) is 25.7 Å². The number of carbonyl (C=O) groups is 2. The first kappa shape index (κ1) is 57.2. The third kappa shape index (κ3) is 44.7. The van der Waals surface area contributed by atoms with E-state index < -0.39 is 32.5 Å². The predicted octanol–water partition coefficient (Wildman–Crippen LogP) is 12.9. The van der Waals surface area contributed by atoms with Crippen molar-refractivity contribution in [2.45, 2.75) is 174 Å². The van der Waals surface area contributed by atoms with Crippen LogP contribution < -0.4 is 4.89 Å². The number of esters is 2. The molecule has 0 fully saturated rings. The quantitative estimate of drug-likeness (QED) is 0.0196. The molecule has 0 rings (SSSR count). The van der Waals surface area contributed by atoms with E-state index in [1.807, 2.05) is 21.1 Å². The van der Waals surface area contributed by atoms with Crippen molar-refractivity contribution in [3.05, 3.63) is 85.1 Å². The molecular weight excluding hydrogens is 774 g/mol. The molecule has 0 aliphatic heterocycles. The first-order valence-electron chi connectivity index (χ1n) is 23.3. The van der Waals surface area contributed by atoms with Crippen LogP contribution in [0, 0.1) is 0 Å². The molecule has 0 amide bonds. The lowest BCUT2D eigenvalue weighted by atomic mass is 10.1. The number of allylic oxidation sites excluding steroid dienone is 14. The second-order valence-electron chi connectivity index (χ2n) is 16.4. The first-order valence-corrected chi connectivity index (χ1v) is 24.8. The second kappa shape index (κ2) is 41.5. The Kier molecular flexibility index (Phi) is 39.6. The SMILES string of the molecule is CC/C=C\C/C=C\C/C=C\C/C=C\CCCCCCC(=O)OC(COC(=O)CCCCCCCC/C=C\C/C=C\C/C=C\CCCCC)COP(=O)([O-])OCC[N+](C)(C)C. The van der Waals surface area contributed by atoms with Crippen molar-refractivity contribution in [1.29, 1.82) is 0 Å². The molecule has 0 aliphatic rings. The Balaban J connectivity index is 4.41. The van der Waals surface area contributed by atoms with E-state index in [4.69, 9.17) is 18.5 Å². The summed E-state index contributed by atoms with van der Waals surface area (Å²) in [7, 11) is 1.12. The number of likely N-dealkylation sites (N-methyl/N-ethyl adjacent to an activating group) is 1. The second-order valence-corrected chi connectivity index (χ2v) is 17.8. The van der Waals surface area contributed by atoms with Crippen molar-refractivity contribution in [2.75, 3.05) is 47.5 Å². The Morgan fingerprint density at radius 2 is 0.950 bits per heavy atom. The third-order valence-electron chi connectivity index (χ3n) is 9.40. The molecule has 0 radical (unpaired) electrons. The van der Waals surface area contributed by atoms with Gasteiger partial charge in [0.2, 0.25) is 0 Å². The number of hydrogen-bond donors (Lipinski definition) is 0. The van der Waals surface area contributed by atoms with Gasteiger partial charge in [0.15, 0.2) is 6.10 Å². The molecule has 2 unspecified atom stereocenters. The van der Waals surface area contributed by atoms with Crippen LogP contribution in [0.15, 0.2) is 85.1 Å².